The van der Waals surface area contributed by atoms with E-state index in [-0.39, 0.29) is 18.2 Å². The molecule has 2 heterocycles. The zero-order chi connectivity index (χ0) is 17.3. The summed E-state index contributed by atoms with van der Waals surface area (Å²) in [4.78, 5) is 23.9. The van der Waals surface area contributed by atoms with E-state index >= 15 is 0 Å². The van der Waals surface area contributed by atoms with Gasteiger partial charge >= 0.3 is 0 Å². The van der Waals surface area contributed by atoms with Gasteiger partial charge in [0, 0.05) is 36.5 Å². The van der Waals surface area contributed by atoms with Crippen LogP contribution in [0.2, 0.25) is 0 Å². The van der Waals surface area contributed by atoms with Crippen molar-refractivity contribution < 1.29 is 14.0 Å². The number of hydrogen-bond donors (Lipinski definition) is 2. The average molecular weight is 394 g/mol. The zero-order valence-electron chi connectivity index (χ0n) is 13.6. The fraction of sp³-hybridized carbons (Fsp3) is 0.412. The summed E-state index contributed by atoms with van der Waals surface area (Å²) in [5, 5.41) is 0. The van der Waals surface area contributed by atoms with Crippen molar-refractivity contribution in [3.63, 3.8) is 0 Å². The maximum Gasteiger partial charge on any atom is 0.286 e. The summed E-state index contributed by atoms with van der Waals surface area (Å²) in [6, 6.07) is 5.61. The topological polar surface area (TPSA) is 76.3 Å². The Morgan fingerprint density at radius 3 is 2.75 bits per heavy atom. The Labute approximate surface area is 148 Å². The Hall–Kier alpha value is -2.02. The van der Waals surface area contributed by atoms with Gasteiger partial charge in [0.2, 0.25) is 5.91 Å². The van der Waals surface area contributed by atoms with E-state index in [2.05, 4.69) is 33.7 Å². The zero-order valence-corrected chi connectivity index (χ0v) is 15.2. The van der Waals surface area contributed by atoms with Crippen LogP contribution < -0.4 is 10.9 Å². The van der Waals surface area contributed by atoms with Gasteiger partial charge in [-0.25, -0.2) is 0 Å². The Kier molecular flexibility index (Phi) is 4.80. The van der Waals surface area contributed by atoms with Gasteiger partial charge in [-0.05, 0) is 46.5 Å². The minimum atomic E-state index is -0.362. The summed E-state index contributed by atoms with van der Waals surface area (Å²) in [6.07, 6.45) is 3.71. The minimum Gasteiger partial charge on any atom is -0.466 e. The molecule has 0 bridgehead atoms. The monoisotopic (exact) mass is 393 g/mol. The van der Waals surface area contributed by atoms with Crippen LogP contribution in [0.3, 0.4) is 0 Å². The predicted octanol–water partition coefficient (Wildman–Crippen LogP) is 2.90. The molecule has 24 heavy (non-hydrogen) atoms. The fourth-order valence-corrected chi connectivity index (χ4v) is 3.21. The molecule has 0 saturated heterocycles. The SMILES string of the molecule is CC1CC1c1ccc(CCC(=O)NNC(=O)c2cc(Br)cn2C)o1. The van der Waals surface area contributed by atoms with E-state index in [0.717, 1.165) is 16.0 Å². The highest BCUT2D eigenvalue weighted by atomic mass is 79.9. The second-order valence-corrected chi connectivity index (χ2v) is 7.20. The second-order valence-electron chi connectivity index (χ2n) is 6.28. The van der Waals surface area contributed by atoms with Crippen molar-refractivity contribution in [3.8, 4) is 0 Å². The summed E-state index contributed by atoms with van der Waals surface area (Å²) < 4.78 is 8.25. The van der Waals surface area contributed by atoms with Crippen LogP contribution in [0.25, 0.3) is 0 Å². The lowest BCUT2D eigenvalue weighted by molar-refractivity contribution is -0.121. The van der Waals surface area contributed by atoms with Crippen LogP contribution >= 0.6 is 15.9 Å². The Balaban J connectivity index is 1.43. The van der Waals surface area contributed by atoms with Crippen LogP contribution in [0.1, 0.15) is 47.7 Å². The molecule has 0 spiro atoms. The van der Waals surface area contributed by atoms with Gasteiger partial charge in [0.1, 0.15) is 17.2 Å². The first-order valence-electron chi connectivity index (χ1n) is 7.93. The molecule has 2 atom stereocenters. The molecular formula is C17H20BrN3O3. The number of aromatic nitrogens is 1. The average Bonchev–Trinajstić information content (AvgIpc) is 2.95. The third-order valence-electron chi connectivity index (χ3n) is 4.28. The number of nitrogens with one attached hydrogen (secondary N) is 2. The number of nitrogens with zero attached hydrogens (tertiary/aromatic N) is 1. The molecule has 7 heteroatoms. The van der Waals surface area contributed by atoms with Crippen molar-refractivity contribution in [2.24, 2.45) is 13.0 Å². The molecule has 6 nitrogen and oxygen atoms in total. The number of aryl methyl sites for hydroxylation is 2. The normalized spacial score (nSPS) is 19.1. The van der Waals surface area contributed by atoms with Crippen molar-refractivity contribution in [2.75, 3.05) is 0 Å². The third-order valence-corrected chi connectivity index (χ3v) is 4.71. The van der Waals surface area contributed by atoms with Gasteiger partial charge < -0.3 is 8.98 Å². The number of rotatable bonds is 5. The molecule has 1 aliphatic carbocycles. The first-order valence-corrected chi connectivity index (χ1v) is 8.73. The molecule has 0 radical (unpaired) electrons. The van der Waals surface area contributed by atoms with E-state index in [1.54, 1.807) is 23.9 Å². The first-order chi connectivity index (χ1) is 11.4. The third kappa shape index (κ3) is 3.90. The number of carbonyl (C=O) groups excluding carboxylic acids is 2. The van der Waals surface area contributed by atoms with E-state index in [0.29, 0.717) is 24.0 Å². The Morgan fingerprint density at radius 1 is 1.38 bits per heavy atom. The highest BCUT2D eigenvalue weighted by molar-refractivity contribution is 9.10. The smallest absolute Gasteiger partial charge is 0.286 e. The molecule has 1 aliphatic rings. The van der Waals surface area contributed by atoms with Gasteiger partial charge in [-0.15, -0.1) is 0 Å². The number of hydrogen-bond acceptors (Lipinski definition) is 3. The van der Waals surface area contributed by atoms with Gasteiger partial charge in [0.15, 0.2) is 0 Å². The van der Waals surface area contributed by atoms with Crippen LogP contribution in [0, 0.1) is 5.92 Å². The fourth-order valence-electron chi connectivity index (χ4n) is 2.69. The lowest BCUT2D eigenvalue weighted by Gasteiger charge is -2.07. The first kappa shape index (κ1) is 16.8. The summed E-state index contributed by atoms with van der Waals surface area (Å²) in [7, 11) is 1.76. The van der Waals surface area contributed by atoms with Crippen molar-refractivity contribution in [2.45, 2.75) is 32.1 Å². The van der Waals surface area contributed by atoms with Crippen LogP contribution in [-0.2, 0) is 18.3 Å². The number of hydrazine groups is 1. The second kappa shape index (κ2) is 6.84. The van der Waals surface area contributed by atoms with E-state index in [1.165, 1.54) is 6.42 Å². The molecule has 1 saturated carbocycles. The quantitative estimate of drug-likeness (QED) is 0.766. The Morgan fingerprint density at radius 2 is 2.12 bits per heavy atom. The van der Waals surface area contributed by atoms with E-state index in [1.807, 2.05) is 12.1 Å². The molecule has 2 unspecified atom stereocenters. The van der Waals surface area contributed by atoms with Gasteiger partial charge in [0.25, 0.3) is 5.91 Å². The van der Waals surface area contributed by atoms with Gasteiger partial charge in [0.05, 0.1) is 0 Å². The molecule has 0 aromatic carbocycles. The molecule has 2 amide bonds. The molecule has 2 N–H and O–H groups in total. The van der Waals surface area contributed by atoms with Crippen molar-refractivity contribution in [3.05, 3.63) is 46.1 Å². The number of carbonyl (C=O) groups is 2. The van der Waals surface area contributed by atoms with Crippen molar-refractivity contribution >= 4 is 27.7 Å². The minimum absolute atomic E-state index is 0.254. The number of halogens is 1. The number of amides is 2. The number of furan rings is 1. The van der Waals surface area contributed by atoms with Gasteiger partial charge in [-0.3, -0.25) is 20.4 Å². The standard InChI is InChI=1S/C17H20BrN3O3/c1-10-7-13(10)15-5-3-12(24-15)4-6-16(22)19-20-17(23)14-8-11(18)9-21(14)2/h3,5,8-10,13H,4,6-7H2,1-2H3,(H,19,22)(H,20,23). The molecular weight excluding hydrogens is 374 g/mol. The highest BCUT2D eigenvalue weighted by Crippen LogP contribution is 2.47. The molecule has 2 aromatic heterocycles. The lowest BCUT2D eigenvalue weighted by atomic mass is 10.2. The summed E-state index contributed by atoms with van der Waals surface area (Å²) in [5.41, 5.74) is 5.30. The van der Waals surface area contributed by atoms with E-state index < -0.39 is 0 Å². The van der Waals surface area contributed by atoms with Gasteiger partial charge in [-0.1, -0.05) is 6.92 Å². The molecule has 3 rings (SSSR count). The molecule has 128 valence electrons. The lowest BCUT2D eigenvalue weighted by Crippen LogP contribution is -2.42. The maximum atomic E-state index is 12.0. The maximum absolute atomic E-state index is 12.0. The summed E-state index contributed by atoms with van der Waals surface area (Å²) >= 11 is 3.30. The highest BCUT2D eigenvalue weighted by Gasteiger charge is 2.36. The van der Waals surface area contributed by atoms with Crippen molar-refractivity contribution in [1.82, 2.24) is 15.4 Å². The van der Waals surface area contributed by atoms with E-state index in [9.17, 15) is 9.59 Å². The van der Waals surface area contributed by atoms with Crippen molar-refractivity contribution in [1.29, 1.82) is 0 Å². The summed E-state index contributed by atoms with van der Waals surface area (Å²) in [6.45, 7) is 2.20. The largest absolute Gasteiger partial charge is 0.466 e. The Bertz CT molecular complexity index is 765. The van der Waals surface area contributed by atoms with Crippen LogP contribution in [0.5, 0.6) is 0 Å². The van der Waals surface area contributed by atoms with Crippen LogP contribution in [0.15, 0.2) is 33.3 Å². The molecule has 0 aliphatic heterocycles. The molecule has 2 aromatic rings. The van der Waals surface area contributed by atoms with E-state index in [4.69, 9.17) is 4.42 Å². The van der Waals surface area contributed by atoms with Crippen LogP contribution in [-0.4, -0.2) is 16.4 Å². The predicted molar refractivity (Wildman–Crippen MR) is 92.3 cm³/mol. The van der Waals surface area contributed by atoms with Gasteiger partial charge in [-0.2, -0.15) is 0 Å². The summed E-state index contributed by atoms with van der Waals surface area (Å²) in [5.74, 6) is 2.43. The van der Waals surface area contributed by atoms with Crippen LogP contribution in [0.4, 0.5) is 0 Å². The molecule has 1 fully saturated rings.